The number of fused-ring (bicyclic) bond motifs is 3. The summed E-state index contributed by atoms with van der Waals surface area (Å²) in [5.41, 5.74) is 4.32. The van der Waals surface area contributed by atoms with E-state index in [1.807, 2.05) is 48.5 Å². The van der Waals surface area contributed by atoms with Crippen LogP contribution in [0.2, 0.25) is 0 Å². The number of hydrogen-bond donors (Lipinski definition) is 4. The van der Waals surface area contributed by atoms with E-state index in [0.717, 1.165) is 28.7 Å². The van der Waals surface area contributed by atoms with Crippen LogP contribution in [0.15, 0.2) is 48.5 Å². The average molecular weight is 453 g/mol. The lowest BCUT2D eigenvalue weighted by Crippen LogP contribution is -2.50. The van der Waals surface area contributed by atoms with Gasteiger partial charge >= 0.3 is 12.1 Å². The Labute approximate surface area is 192 Å². The topological polar surface area (TPSA) is 125 Å². The normalized spacial score (nSPS) is 19.9. The van der Waals surface area contributed by atoms with Gasteiger partial charge in [-0.2, -0.15) is 0 Å². The second-order valence-electron chi connectivity index (χ2n) is 8.69. The van der Waals surface area contributed by atoms with Crippen LogP contribution in [0.1, 0.15) is 42.7 Å². The molecule has 0 radical (unpaired) electrons. The largest absolute Gasteiger partial charge is 0.481 e. The van der Waals surface area contributed by atoms with Gasteiger partial charge in [-0.1, -0.05) is 48.5 Å². The number of rotatable bonds is 8. The molecule has 8 nitrogen and oxygen atoms in total. The zero-order valence-corrected chi connectivity index (χ0v) is 18.2. The average Bonchev–Trinajstić information content (AvgIpc) is 3.39. The summed E-state index contributed by atoms with van der Waals surface area (Å²) in [7, 11) is 0. The molecule has 0 aromatic heterocycles. The molecule has 1 fully saturated rings. The molecule has 1 saturated carbocycles. The van der Waals surface area contributed by atoms with Gasteiger partial charge in [0.15, 0.2) is 0 Å². The van der Waals surface area contributed by atoms with Gasteiger partial charge in [0.25, 0.3) is 0 Å². The third kappa shape index (κ3) is 5.17. The third-order valence-electron chi connectivity index (χ3n) is 6.48. The van der Waals surface area contributed by atoms with Crippen LogP contribution >= 0.6 is 0 Å². The molecule has 0 spiro atoms. The lowest BCUT2D eigenvalue weighted by molar-refractivity contribution is -0.140. The number of amides is 2. The summed E-state index contributed by atoms with van der Waals surface area (Å²) in [6.45, 7) is 0.130. The molecular formula is C25H28N2O6. The first-order valence-electron chi connectivity index (χ1n) is 11.2. The smallest absolute Gasteiger partial charge is 0.407 e. The number of nitrogens with one attached hydrogen (secondary N) is 2. The first-order chi connectivity index (χ1) is 16.0. The molecule has 1 unspecified atom stereocenters. The molecule has 4 rings (SSSR count). The van der Waals surface area contributed by atoms with Crippen molar-refractivity contribution in [3.05, 3.63) is 59.7 Å². The maximum Gasteiger partial charge on any atom is 0.407 e. The molecule has 0 heterocycles. The van der Waals surface area contributed by atoms with Crippen molar-refractivity contribution in [3.63, 3.8) is 0 Å². The van der Waals surface area contributed by atoms with Crippen molar-refractivity contribution in [1.29, 1.82) is 0 Å². The minimum absolute atomic E-state index is 0.0585. The Hall–Kier alpha value is -3.39. The quantitative estimate of drug-likeness (QED) is 0.488. The van der Waals surface area contributed by atoms with Crippen LogP contribution in [-0.4, -0.2) is 53.5 Å². The third-order valence-corrected chi connectivity index (χ3v) is 6.48. The van der Waals surface area contributed by atoms with E-state index in [1.54, 1.807) is 0 Å². The van der Waals surface area contributed by atoms with Crippen LogP contribution < -0.4 is 10.6 Å². The number of aliphatic hydroxyl groups is 1. The molecule has 2 aliphatic carbocycles. The van der Waals surface area contributed by atoms with Gasteiger partial charge in [0.2, 0.25) is 5.91 Å². The number of carboxylic acids is 1. The number of benzene rings is 2. The van der Waals surface area contributed by atoms with Gasteiger partial charge in [-0.3, -0.25) is 9.59 Å². The molecule has 2 amide bonds. The summed E-state index contributed by atoms with van der Waals surface area (Å²) in [5, 5.41) is 23.7. The Bertz CT molecular complexity index is 994. The summed E-state index contributed by atoms with van der Waals surface area (Å²) in [6.07, 6.45) is 0.754. The summed E-state index contributed by atoms with van der Waals surface area (Å²) in [6, 6.07) is 14.5. The number of aliphatic carboxylic acids is 1. The fourth-order valence-corrected chi connectivity index (χ4v) is 4.84. The van der Waals surface area contributed by atoms with E-state index in [0.29, 0.717) is 12.8 Å². The zero-order chi connectivity index (χ0) is 23.4. The Balaban J connectivity index is 1.38. The molecule has 0 bridgehead atoms. The number of alkyl carbamates (subject to hydrolysis) is 1. The fraction of sp³-hybridized carbons (Fsp3) is 0.400. The van der Waals surface area contributed by atoms with E-state index >= 15 is 0 Å². The lowest BCUT2D eigenvalue weighted by atomic mass is 9.98. The minimum Gasteiger partial charge on any atom is -0.481 e. The van der Waals surface area contributed by atoms with Crippen molar-refractivity contribution < 1.29 is 29.3 Å². The first-order valence-corrected chi connectivity index (χ1v) is 11.2. The molecular weight excluding hydrogens is 424 g/mol. The van der Waals surface area contributed by atoms with Crippen molar-refractivity contribution in [2.75, 3.05) is 13.2 Å². The van der Waals surface area contributed by atoms with Crippen LogP contribution in [0.25, 0.3) is 11.1 Å². The highest BCUT2D eigenvalue weighted by Crippen LogP contribution is 2.44. The Morgan fingerprint density at radius 3 is 2.21 bits per heavy atom. The van der Waals surface area contributed by atoms with Crippen molar-refractivity contribution in [3.8, 4) is 11.1 Å². The van der Waals surface area contributed by atoms with E-state index in [9.17, 15) is 24.6 Å². The maximum atomic E-state index is 12.6. The monoisotopic (exact) mass is 452 g/mol. The molecule has 174 valence electrons. The molecule has 8 heteroatoms. The Kier molecular flexibility index (Phi) is 6.93. The predicted octanol–water partition coefficient (Wildman–Crippen LogP) is 2.65. The number of hydrogen-bond acceptors (Lipinski definition) is 5. The van der Waals surface area contributed by atoms with Crippen LogP contribution in [0.3, 0.4) is 0 Å². The van der Waals surface area contributed by atoms with E-state index in [-0.39, 0.29) is 31.1 Å². The molecule has 4 N–H and O–H groups in total. The van der Waals surface area contributed by atoms with Crippen molar-refractivity contribution >= 4 is 18.0 Å². The fourth-order valence-electron chi connectivity index (χ4n) is 4.84. The van der Waals surface area contributed by atoms with Gasteiger partial charge in [0, 0.05) is 18.6 Å². The van der Waals surface area contributed by atoms with Crippen molar-refractivity contribution in [2.45, 2.75) is 43.7 Å². The SMILES string of the molecule is O=C(O)CC(NC(=O)OCC1c2ccccc2-c2ccccc21)C(=O)N[C@@H]1CC[C@H](CO)C1. The van der Waals surface area contributed by atoms with Crippen molar-refractivity contribution in [2.24, 2.45) is 5.92 Å². The van der Waals surface area contributed by atoms with Crippen LogP contribution in [-0.2, 0) is 14.3 Å². The number of carbonyl (C=O) groups excluding carboxylic acids is 2. The van der Waals surface area contributed by atoms with E-state index < -0.39 is 30.4 Å². The molecule has 3 atom stereocenters. The molecule has 33 heavy (non-hydrogen) atoms. The summed E-state index contributed by atoms with van der Waals surface area (Å²) >= 11 is 0. The van der Waals surface area contributed by atoms with Gasteiger partial charge in [0.05, 0.1) is 6.42 Å². The number of carbonyl (C=O) groups is 3. The number of aliphatic hydroxyl groups excluding tert-OH is 1. The van der Waals surface area contributed by atoms with Crippen LogP contribution in [0.4, 0.5) is 4.79 Å². The second-order valence-corrected chi connectivity index (χ2v) is 8.69. The van der Waals surface area contributed by atoms with Gasteiger partial charge in [-0.25, -0.2) is 4.79 Å². The van der Waals surface area contributed by atoms with E-state index in [4.69, 9.17) is 4.74 Å². The molecule has 0 saturated heterocycles. The highest BCUT2D eigenvalue weighted by atomic mass is 16.5. The molecule has 0 aliphatic heterocycles. The van der Waals surface area contributed by atoms with Crippen LogP contribution in [0.5, 0.6) is 0 Å². The predicted molar refractivity (Wildman–Crippen MR) is 121 cm³/mol. The minimum atomic E-state index is -1.24. The summed E-state index contributed by atoms with van der Waals surface area (Å²) in [5.74, 6) is -1.77. The molecule has 2 aromatic rings. The van der Waals surface area contributed by atoms with Gasteiger partial charge in [-0.15, -0.1) is 0 Å². The number of ether oxygens (including phenoxy) is 1. The lowest BCUT2D eigenvalue weighted by Gasteiger charge is -2.21. The highest BCUT2D eigenvalue weighted by Gasteiger charge is 2.32. The standard InChI is InChI=1S/C25H28N2O6/c28-13-15-9-10-16(11-15)26-24(31)22(12-23(29)30)27-25(32)33-14-21-19-7-3-1-5-17(19)18-6-2-4-8-20(18)21/h1-8,15-16,21-22,28H,9-14H2,(H,26,31)(H,27,32)(H,29,30)/t15-,16+,22?/m0/s1. The Morgan fingerprint density at radius 1 is 1.00 bits per heavy atom. The molecule has 2 aromatic carbocycles. The highest BCUT2D eigenvalue weighted by molar-refractivity contribution is 5.89. The zero-order valence-electron chi connectivity index (χ0n) is 18.2. The summed E-state index contributed by atoms with van der Waals surface area (Å²) < 4.78 is 5.45. The number of carboxylic acid groups (broad SMARTS) is 1. The van der Waals surface area contributed by atoms with Gasteiger partial charge in [0.1, 0.15) is 12.6 Å². The first kappa shape index (κ1) is 22.8. The van der Waals surface area contributed by atoms with E-state index in [2.05, 4.69) is 10.6 Å². The summed E-state index contributed by atoms with van der Waals surface area (Å²) in [4.78, 5) is 36.4. The Morgan fingerprint density at radius 2 is 1.64 bits per heavy atom. The second kappa shape index (κ2) is 10.0. The maximum absolute atomic E-state index is 12.6. The van der Waals surface area contributed by atoms with Crippen LogP contribution in [0, 0.1) is 5.92 Å². The van der Waals surface area contributed by atoms with Gasteiger partial charge < -0.3 is 25.6 Å². The van der Waals surface area contributed by atoms with Gasteiger partial charge in [-0.05, 0) is 47.4 Å². The molecule has 2 aliphatic rings. The van der Waals surface area contributed by atoms with Crippen molar-refractivity contribution in [1.82, 2.24) is 10.6 Å². The van der Waals surface area contributed by atoms with E-state index in [1.165, 1.54) is 0 Å².